The van der Waals surface area contributed by atoms with Crippen molar-refractivity contribution < 1.29 is 13.0 Å². The monoisotopic (exact) mass is 119 g/mol. The molecule has 0 aromatic heterocycles. The van der Waals surface area contributed by atoms with Gasteiger partial charge in [-0.05, 0) is 0 Å². The minimum atomic E-state index is -4.22. The van der Waals surface area contributed by atoms with Crippen LogP contribution in [0.4, 0.5) is 0 Å². The Bertz CT molecular complexity index is 182. The third kappa shape index (κ3) is 5.43. The molecule has 0 amide bonds. The first-order chi connectivity index (χ1) is 3.06. The summed E-state index contributed by atoms with van der Waals surface area (Å²) < 4.78 is 28.6. The lowest BCUT2D eigenvalue weighted by Gasteiger charge is -1.69. The summed E-state index contributed by atoms with van der Waals surface area (Å²) in [6.07, 6.45) is 0. The van der Waals surface area contributed by atoms with E-state index in [2.05, 4.69) is 6.58 Å². The number of rotatable bonds is 1. The van der Waals surface area contributed by atoms with Gasteiger partial charge in [0.15, 0.2) is 0 Å². The molecule has 0 aliphatic carbocycles. The van der Waals surface area contributed by atoms with E-state index in [0.717, 1.165) is 0 Å². The van der Waals surface area contributed by atoms with Crippen LogP contribution in [-0.4, -0.2) is 8.42 Å². The molecule has 0 atom stereocenters. The van der Waals surface area contributed by atoms with Crippen LogP contribution in [-0.2, 0) is 14.7 Å². The largest absolute Gasteiger partial charge is 0.324 e. The summed E-state index contributed by atoms with van der Waals surface area (Å²) in [4.78, 5) is 0. The molecule has 0 bridgehead atoms. The molecule has 0 unspecified atom stereocenters. The van der Waals surface area contributed by atoms with Gasteiger partial charge < -0.3 is 0 Å². The topological polar surface area (TPSA) is 54.0 Å². The Kier molecular flexibility index (Phi) is 1.77. The molecule has 39 valence electrons. The summed E-state index contributed by atoms with van der Waals surface area (Å²) >= 11 is 0. The van der Waals surface area contributed by atoms with Crippen molar-refractivity contribution in [1.29, 1.82) is 0 Å². The molecular weight excluding hydrogens is 116 g/mol. The first-order valence-electron chi connectivity index (χ1n) is 1.38. The van der Waals surface area contributed by atoms with Crippen molar-refractivity contribution in [3.05, 3.63) is 17.7 Å². The van der Waals surface area contributed by atoms with Crippen molar-refractivity contribution >= 4 is 10.1 Å². The maximum absolute atomic E-state index is 9.52. The molecular formula is C3H3O3S. The predicted octanol–water partition coefficient (Wildman–Crippen LogP) is 0.0453. The van der Waals surface area contributed by atoms with Crippen LogP contribution in [0.5, 0.6) is 0 Å². The zero-order chi connectivity index (χ0) is 5.91. The van der Waals surface area contributed by atoms with Gasteiger partial charge in [0.05, 0.1) is 0 Å². The summed E-state index contributed by atoms with van der Waals surface area (Å²) in [5.41, 5.74) is 1.83. The molecule has 0 spiro atoms. The van der Waals surface area contributed by atoms with Crippen molar-refractivity contribution in [2.24, 2.45) is 0 Å². The lowest BCUT2D eigenvalue weighted by molar-refractivity contribution is 0.424. The minimum absolute atomic E-state index is 0.368. The Morgan fingerprint density at radius 1 is 1.57 bits per heavy atom. The van der Waals surface area contributed by atoms with E-state index in [1.54, 1.807) is 0 Å². The predicted molar refractivity (Wildman–Crippen MR) is 23.3 cm³/mol. The quantitative estimate of drug-likeness (QED) is 0.458. The lowest BCUT2D eigenvalue weighted by Crippen LogP contribution is -1.84. The first-order valence-corrected chi connectivity index (χ1v) is 2.85. The fourth-order valence-electron chi connectivity index (χ4n) is 0.102. The highest BCUT2D eigenvalue weighted by Gasteiger charge is 1.94. The molecule has 3 nitrogen and oxygen atoms in total. The van der Waals surface area contributed by atoms with Gasteiger partial charge >= 0.3 is 10.1 Å². The van der Waals surface area contributed by atoms with E-state index >= 15 is 0 Å². The highest BCUT2D eigenvalue weighted by atomic mass is 32.2. The molecule has 7 heavy (non-hydrogen) atoms. The van der Waals surface area contributed by atoms with Crippen LogP contribution in [0.1, 0.15) is 0 Å². The molecule has 4 heteroatoms. The molecule has 0 aromatic carbocycles. The maximum Gasteiger partial charge on any atom is 0.324 e. The van der Waals surface area contributed by atoms with Crippen LogP contribution >= 0.6 is 0 Å². The highest BCUT2D eigenvalue weighted by Crippen LogP contribution is 1.79. The van der Waals surface area contributed by atoms with Crippen molar-refractivity contribution in [3.8, 4) is 0 Å². The summed E-state index contributed by atoms with van der Waals surface area (Å²) in [7, 11) is -4.22. The Balaban J connectivity index is 4.44. The van der Waals surface area contributed by atoms with Gasteiger partial charge in [0.1, 0.15) is 5.41 Å². The first kappa shape index (κ1) is 6.43. The van der Waals surface area contributed by atoms with E-state index in [-0.39, 0.29) is 0 Å². The smallest absolute Gasteiger partial charge is 0.192 e. The van der Waals surface area contributed by atoms with Crippen LogP contribution in [0, 0.1) is 0 Å². The van der Waals surface area contributed by atoms with E-state index in [0.29, 0.717) is 5.41 Å². The van der Waals surface area contributed by atoms with Crippen LogP contribution in [0.3, 0.4) is 0 Å². The molecule has 0 saturated heterocycles. The molecule has 0 saturated carbocycles. The van der Waals surface area contributed by atoms with Gasteiger partial charge in [-0.1, -0.05) is 11.1 Å². The Morgan fingerprint density at radius 2 is 2.00 bits per heavy atom. The van der Waals surface area contributed by atoms with E-state index in [9.17, 15) is 13.0 Å². The van der Waals surface area contributed by atoms with Gasteiger partial charge in [0, 0.05) is 0 Å². The zero-order valence-corrected chi connectivity index (χ0v) is 4.23. The minimum Gasteiger partial charge on any atom is -0.192 e. The van der Waals surface area contributed by atoms with Crippen LogP contribution < -0.4 is 0 Å². The molecule has 0 aliphatic heterocycles. The molecule has 0 aromatic rings. The second kappa shape index (κ2) is 1.93. The second-order valence-electron chi connectivity index (χ2n) is 0.815. The van der Waals surface area contributed by atoms with Gasteiger partial charge in [-0.2, -0.15) is 8.42 Å². The van der Waals surface area contributed by atoms with E-state index in [1.807, 2.05) is 5.73 Å². The van der Waals surface area contributed by atoms with E-state index < -0.39 is 10.1 Å². The molecule has 0 fully saturated rings. The summed E-state index contributed by atoms with van der Waals surface area (Å²) in [5, 5.41) is 0.368. The van der Waals surface area contributed by atoms with Gasteiger partial charge in [-0.25, -0.2) is 0 Å². The number of hydrogen-bond acceptors (Lipinski definition) is 2. The maximum atomic E-state index is 9.52. The van der Waals surface area contributed by atoms with Gasteiger partial charge in [0.2, 0.25) is 0 Å². The van der Waals surface area contributed by atoms with Gasteiger partial charge in [-0.3, -0.25) is 0 Å². The van der Waals surface area contributed by atoms with Gasteiger partial charge in [0.25, 0.3) is 0 Å². The molecule has 0 aliphatic rings. The third-order valence-corrected chi connectivity index (χ3v) is 0.683. The zero-order valence-electron chi connectivity index (χ0n) is 3.42. The summed E-state index contributed by atoms with van der Waals surface area (Å²) in [6, 6.07) is 0. The average molecular weight is 119 g/mol. The normalized spacial score (nSPS) is 9.86. The van der Waals surface area contributed by atoms with E-state index in [4.69, 9.17) is 0 Å². The molecule has 0 N–H and O–H groups in total. The van der Waals surface area contributed by atoms with Crippen molar-refractivity contribution in [2.45, 2.75) is 0 Å². The highest BCUT2D eigenvalue weighted by molar-refractivity contribution is 7.88. The average Bonchev–Trinajstić information content (AvgIpc) is 1.30. The third-order valence-electron chi connectivity index (χ3n) is 0.228. The SMILES string of the molecule is C=C=CS([O])(=O)=O. The number of hydrogen-bond donors (Lipinski definition) is 0. The summed E-state index contributed by atoms with van der Waals surface area (Å²) in [5.74, 6) is 0. The van der Waals surface area contributed by atoms with Crippen molar-refractivity contribution in [2.75, 3.05) is 0 Å². The Hall–Kier alpha value is -0.570. The van der Waals surface area contributed by atoms with Crippen LogP contribution in [0.15, 0.2) is 17.7 Å². The fraction of sp³-hybridized carbons (Fsp3) is 0. The molecule has 1 radical (unpaired) electrons. The fourth-order valence-corrected chi connectivity index (χ4v) is 0.306. The van der Waals surface area contributed by atoms with Gasteiger partial charge in [-0.15, -0.1) is 5.73 Å². The Labute approximate surface area is 41.7 Å². The second-order valence-corrected chi connectivity index (χ2v) is 2.04. The van der Waals surface area contributed by atoms with E-state index in [1.165, 1.54) is 0 Å². The van der Waals surface area contributed by atoms with Crippen molar-refractivity contribution in [1.82, 2.24) is 0 Å². The Morgan fingerprint density at radius 3 is 2.00 bits per heavy atom. The van der Waals surface area contributed by atoms with Crippen LogP contribution in [0.2, 0.25) is 0 Å². The molecule has 0 rings (SSSR count). The standard InChI is InChI=1S/C3H3O3S/c1-2-3-7(4,5)6/h3H,1H2. The van der Waals surface area contributed by atoms with Crippen LogP contribution in [0.25, 0.3) is 0 Å². The lowest BCUT2D eigenvalue weighted by atomic mass is 11.0. The summed E-state index contributed by atoms with van der Waals surface area (Å²) in [6.45, 7) is 2.89. The molecule has 0 heterocycles. The van der Waals surface area contributed by atoms with Crippen molar-refractivity contribution in [3.63, 3.8) is 0 Å².